The van der Waals surface area contributed by atoms with E-state index in [1.165, 1.54) is 6.92 Å². The lowest BCUT2D eigenvalue weighted by molar-refractivity contribution is -0.395. The average molecular weight is 394 g/mol. The van der Waals surface area contributed by atoms with Crippen LogP contribution in [0, 0.1) is 34.1 Å². The SMILES string of the molecule is CCOC(=O)c1sc(NC(=O)c2cc([N+](=O)[O-])c(C)c([N+](=O)[O-])c2)nc1C. The molecule has 11 nitrogen and oxygen atoms in total. The Kier molecular flexibility index (Phi) is 5.80. The molecule has 27 heavy (non-hydrogen) atoms. The number of nitro groups is 2. The summed E-state index contributed by atoms with van der Waals surface area (Å²) in [4.78, 5) is 49.0. The van der Waals surface area contributed by atoms with Gasteiger partial charge in [-0.3, -0.25) is 30.3 Å². The molecule has 12 heteroatoms. The Morgan fingerprint density at radius 2 is 1.74 bits per heavy atom. The van der Waals surface area contributed by atoms with Gasteiger partial charge in [0.25, 0.3) is 17.3 Å². The van der Waals surface area contributed by atoms with E-state index >= 15 is 0 Å². The Morgan fingerprint density at radius 3 is 2.22 bits per heavy atom. The number of nitrogens with one attached hydrogen (secondary N) is 1. The molecule has 142 valence electrons. The van der Waals surface area contributed by atoms with Gasteiger partial charge >= 0.3 is 5.97 Å². The summed E-state index contributed by atoms with van der Waals surface area (Å²) in [5.74, 6) is -1.42. The number of amides is 1. The molecule has 2 aromatic rings. The van der Waals surface area contributed by atoms with E-state index in [2.05, 4.69) is 10.3 Å². The lowest BCUT2D eigenvalue weighted by Gasteiger charge is -2.04. The minimum absolute atomic E-state index is 0.0615. The van der Waals surface area contributed by atoms with Gasteiger partial charge in [-0.15, -0.1) is 0 Å². The van der Waals surface area contributed by atoms with Crippen LogP contribution in [-0.2, 0) is 4.74 Å². The summed E-state index contributed by atoms with van der Waals surface area (Å²) in [5.41, 5.74) is -1.18. The van der Waals surface area contributed by atoms with Gasteiger partial charge in [0.05, 0.1) is 27.7 Å². The van der Waals surface area contributed by atoms with E-state index in [0.29, 0.717) is 5.69 Å². The van der Waals surface area contributed by atoms with Crippen LogP contribution >= 0.6 is 11.3 Å². The summed E-state index contributed by atoms with van der Waals surface area (Å²) in [5, 5.41) is 24.7. The molecule has 0 saturated heterocycles. The quantitative estimate of drug-likeness (QED) is 0.445. The third-order valence-electron chi connectivity index (χ3n) is 3.49. The van der Waals surface area contributed by atoms with Crippen molar-refractivity contribution in [2.45, 2.75) is 20.8 Å². The third-order valence-corrected chi connectivity index (χ3v) is 4.54. The molecule has 0 radical (unpaired) electrons. The van der Waals surface area contributed by atoms with Crippen LogP contribution in [0.4, 0.5) is 16.5 Å². The van der Waals surface area contributed by atoms with Crippen molar-refractivity contribution in [1.82, 2.24) is 4.98 Å². The summed E-state index contributed by atoms with van der Waals surface area (Å²) in [6.07, 6.45) is 0. The van der Waals surface area contributed by atoms with Crippen LogP contribution in [0.25, 0.3) is 0 Å². The molecule has 0 aliphatic carbocycles. The molecule has 1 heterocycles. The number of hydrogen-bond donors (Lipinski definition) is 1. The highest BCUT2D eigenvalue weighted by Gasteiger charge is 2.26. The zero-order chi connectivity index (χ0) is 20.3. The predicted molar refractivity (Wildman–Crippen MR) is 95.2 cm³/mol. The average Bonchev–Trinajstić information content (AvgIpc) is 2.94. The first kappa shape index (κ1) is 19.9. The van der Waals surface area contributed by atoms with E-state index in [1.807, 2.05) is 0 Å². The maximum atomic E-state index is 12.4. The largest absolute Gasteiger partial charge is 0.462 e. The van der Waals surface area contributed by atoms with Gasteiger partial charge in [0.1, 0.15) is 10.4 Å². The summed E-state index contributed by atoms with van der Waals surface area (Å²) in [7, 11) is 0. The maximum absolute atomic E-state index is 12.4. The van der Waals surface area contributed by atoms with Crippen LogP contribution in [0.3, 0.4) is 0 Å². The Morgan fingerprint density at radius 1 is 1.19 bits per heavy atom. The second-order valence-corrected chi connectivity index (χ2v) is 6.26. The molecule has 1 aromatic carbocycles. The Hall–Kier alpha value is -3.41. The number of thiazole rings is 1. The number of ether oxygens (including phenoxy) is 1. The summed E-state index contributed by atoms with van der Waals surface area (Å²) in [6.45, 7) is 4.61. The normalized spacial score (nSPS) is 10.3. The van der Waals surface area contributed by atoms with Crippen molar-refractivity contribution >= 4 is 39.7 Å². The fourth-order valence-electron chi connectivity index (χ4n) is 2.20. The van der Waals surface area contributed by atoms with E-state index in [4.69, 9.17) is 4.74 Å². The van der Waals surface area contributed by atoms with E-state index < -0.39 is 33.1 Å². The third kappa shape index (κ3) is 4.23. The van der Waals surface area contributed by atoms with Crippen molar-refractivity contribution in [3.8, 4) is 0 Å². The highest BCUT2D eigenvalue weighted by Crippen LogP contribution is 2.30. The zero-order valence-corrected chi connectivity index (χ0v) is 15.3. The summed E-state index contributed by atoms with van der Waals surface area (Å²) >= 11 is 0.869. The molecular formula is C15H14N4O7S. The molecule has 0 atom stereocenters. The van der Waals surface area contributed by atoms with Crippen molar-refractivity contribution in [2.24, 2.45) is 0 Å². The van der Waals surface area contributed by atoms with E-state index in [-0.39, 0.29) is 27.7 Å². The van der Waals surface area contributed by atoms with E-state index in [1.54, 1.807) is 13.8 Å². The molecule has 1 amide bonds. The topological polar surface area (TPSA) is 155 Å². The van der Waals surface area contributed by atoms with Crippen molar-refractivity contribution in [2.75, 3.05) is 11.9 Å². The summed E-state index contributed by atoms with van der Waals surface area (Å²) in [6, 6.07) is 1.90. The highest BCUT2D eigenvalue weighted by atomic mass is 32.1. The Labute approximate surface area is 156 Å². The van der Waals surface area contributed by atoms with Gasteiger partial charge in [-0.25, -0.2) is 9.78 Å². The zero-order valence-electron chi connectivity index (χ0n) is 14.5. The number of nitrogens with zero attached hydrogens (tertiary/aromatic N) is 3. The Bertz CT molecular complexity index is 919. The first-order valence-corrected chi connectivity index (χ1v) is 8.36. The number of hydrogen-bond acceptors (Lipinski definition) is 9. The summed E-state index contributed by atoms with van der Waals surface area (Å²) < 4.78 is 4.88. The molecular weight excluding hydrogens is 380 g/mol. The molecule has 0 spiro atoms. The molecule has 2 rings (SSSR count). The first-order valence-electron chi connectivity index (χ1n) is 7.55. The van der Waals surface area contributed by atoms with E-state index in [9.17, 15) is 29.8 Å². The maximum Gasteiger partial charge on any atom is 0.350 e. The predicted octanol–water partition coefficient (Wildman–Crippen LogP) is 3.01. The van der Waals surface area contributed by atoms with E-state index in [0.717, 1.165) is 23.5 Å². The minimum Gasteiger partial charge on any atom is -0.462 e. The van der Waals surface area contributed by atoms with Crippen molar-refractivity contribution in [3.05, 3.63) is 54.1 Å². The number of rotatable bonds is 6. The number of anilines is 1. The number of esters is 1. The van der Waals surface area contributed by atoms with Crippen LogP contribution in [0.5, 0.6) is 0 Å². The molecule has 0 saturated carbocycles. The van der Waals surface area contributed by atoms with Crippen molar-refractivity contribution in [3.63, 3.8) is 0 Å². The monoisotopic (exact) mass is 394 g/mol. The lowest BCUT2D eigenvalue weighted by Crippen LogP contribution is -2.13. The van der Waals surface area contributed by atoms with Gasteiger partial charge in [-0.05, 0) is 20.8 Å². The molecule has 0 unspecified atom stereocenters. The Balaban J connectivity index is 2.36. The van der Waals surface area contributed by atoms with Crippen LogP contribution in [-0.4, -0.2) is 33.3 Å². The second kappa shape index (κ2) is 7.86. The molecule has 0 aliphatic rings. The first-order chi connectivity index (χ1) is 12.6. The fourth-order valence-corrected chi connectivity index (χ4v) is 3.05. The fraction of sp³-hybridized carbons (Fsp3) is 0.267. The number of carbonyl (C=O) groups excluding carboxylic acids is 2. The highest BCUT2D eigenvalue weighted by molar-refractivity contribution is 7.17. The van der Waals surface area contributed by atoms with Crippen molar-refractivity contribution < 1.29 is 24.2 Å². The molecule has 0 bridgehead atoms. The number of nitro benzene ring substituents is 2. The standard InChI is InChI=1S/C15H14N4O7S/c1-4-26-14(21)12-8(3)16-15(27-12)17-13(20)9-5-10(18(22)23)7(2)11(6-9)19(24)25/h5-6H,4H2,1-3H3,(H,16,17,20). The second-order valence-electron chi connectivity index (χ2n) is 5.26. The number of aryl methyl sites for hydroxylation is 1. The smallest absolute Gasteiger partial charge is 0.350 e. The minimum atomic E-state index is -0.828. The van der Waals surface area contributed by atoms with Crippen LogP contribution < -0.4 is 5.32 Å². The van der Waals surface area contributed by atoms with Crippen molar-refractivity contribution in [1.29, 1.82) is 0 Å². The van der Waals surface area contributed by atoms with Gasteiger partial charge < -0.3 is 4.74 Å². The van der Waals surface area contributed by atoms with Gasteiger partial charge in [0.15, 0.2) is 5.13 Å². The van der Waals surface area contributed by atoms with Gasteiger partial charge in [0, 0.05) is 12.1 Å². The molecule has 0 fully saturated rings. The number of aromatic nitrogens is 1. The van der Waals surface area contributed by atoms with Crippen LogP contribution in [0.2, 0.25) is 0 Å². The molecule has 1 N–H and O–H groups in total. The van der Waals surface area contributed by atoms with Gasteiger partial charge in [-0.2, -0.15) is 0 Å². The van der Waals surface area contributed by atoms with Crippen LogP contribution in [0.1, 0.15) is 38.2 Å². The van der Waals surface area contributed by atoms with Gasteiger partial charge in [-0.1, -0.05) is 11.3 Å². The number of carbonyl (C=O) groups is 2. The number of benzene rings is 1. The van der Waals surface area contributed by atoms with Crippen LogP contribution in [0.15, 0.2) is 12.1 Å². The molecule has 0 aliphatic heterocycles. The van der Waals surface area contributed by atoms with Gasteiger partial charge in [0.2, 0.25) is 0 Å². The lowest BCUT2D eigenvalue weighted by atomic mass is 10.1. The molecule has 1 aromatic heterocycles.